The molecule has 0 spiro atoms. The van der Waals surface area contributed by atoms with Gasteiger partial charge >= 0.3 is 0 Å². The minimum absolute atomic E-state index is 0.119. The van der Waals surface area contributed by atoms with E-state index < -0.39 is 21.7 Å². The number of likely N-dealkylation sites (tertiary alicyclic amines) is 1. The second-order valence-electron chi connectivity index (χ2n) is 6.27. The third kappa shape index (κ3) is 3.31. The van der Waals surface area contributed by atoms with Crippen LogP contribution < -0.4 is 4.72 Å². The van der Waals surface area contributed by atoms with Gasteiger partial charge in [0.1, 0.15) is 22.2 Å². The lowest BCUT2D eigenvalue weighted by molar-refractivity contribution is 0.0783. The van der Waals surface area contributed by atoms with Gasteiger partial charge in [-0.3, -0.25) is 9.52 Å². The van der Waals surface area contributed by atoms with Crippen molar-refractivity contribution in [3.05, 3.63) is 47.3 Å². The average Bonchev–Trinajstić information content (AvgIpc) is 3.20. The van der Waals surface area contributed by atoms with Gasteiger partial charge in [0.25, 0.3) is 15.9 Å². The molecule has 0 atom stereocenters. The number of rotatable bonds is 4. The second-order valence-corrected chi connectivity index (χ2v) is 7.92. The molecule has 1 aromatic carbocycles. The molecule has 1 aliphatic rings. The number of carbonyl (C=O) groups is 1. The number of carbonyl (C=O) groups excluding carboxylic acids is 1. The Morgan fingerprint density at radius 3 is 2.42 bits per heavy atom. The van der Waals surface area contributed by atoms with Gasteiger partial charge in [-0.2, -0.15) is 0 Å². The van der Waals surface area contributed by atoms with Crippen molar-refractivity contribution in [2.75, 3.05) is 17.8 Å². The first-order valence-corrected chi connectivity index (χ1v) is 9.62. The van der Waals surface area contributed by atoms with Crippen LogP contribution in [-0.2, 0) is 17.1 Å². The number of amides is 1. The lowest BCUT2D eigenvalue weighted by Gasteiger charge is -2.15. The van der Waals surface area contributed by atoms with Crippen LogP contribution in [0.25, 0.3) is 0 Å². The number of hydrogen-bond acceptors (Lipinski definition) is 3. The van der Waals surface area contributed by atoms with E-state index >= 15 is 0 Å². The summed E-state index contributed by atoms with van der Waals surface area (Å²) >= 11 is 0. The zero-order valence-corrected chi connectivity index (χ0v) is 15.2. The molecular weight excluding hydrogens is 364 g/mol. The van der Waals surface area contributed by atoms with E-state index in [9.17, 15) is 22.0 Å². The van der Waals surface area contributed by atoms with Crippen molar-refractivity contribution >= 4 is 21.6 Å². The highest BCUT2D eigenvalue weighted by atomic mass is 32.2. The van der Waals surface area contributed by atoms with Crippen molar-refractivity contribution in [2.45, 2.75) is 24.7 Å². The maximum Gasteiger partial charge on any atom is 0.270 e. The third-order valence-corrected chi connectivity index (χ3v) is 6.05. The minimum Gasteiger partial charge on any atom is -0.343 e. The predicted octanol–water partition coefficient (Wildman–Crippen LogP) is 2.65. The van der Waals surface area contributed by atoms with Crippen LogP contribution in [0, 0.1) is 18.6 Å². The van der Waals surface area contributed by atoms with Gasteiger partial charge < -0.3 is 9.47 Å². The molecule has 140 valence electrons. The van der Waals surface area contributed by atoms with E-state index in [-0.39, 0.29) is 22.2 Å². The number of benzene rings is 1. The number of nitrogens with one attached hydrogen (secondary N) is 1. The lowest BCUT2D eigenvalue weighted by Crippen LogP contribution is -2.29. The first-order chi connectivity index (χ1) is 12.2. The van der Waals surface area contributed by atoms with Gasteiger partial charge in [-0.25, -0.2) is 17.2 Å². The Balaban J connectivity index is 1.95. The van der Waals surface area contributed by atoms with Gasteiger partial charge in [0, 0.05) is 31.9 Å². The van der Waals surface area contributed by atoms with E-state index in [1.807, 2.05) is 0 Å². The molecule has 0 aliphatic carbocycles. The molecule has 1 amide bonds. The second kappa shape index (κ2) is 6.71. The minimum atomic E-state index is -4.14. The molecular formula is C17H19F2N3O3S. The molecule has 26 heavy (non-hydrogen) atoms. The fourth-order valence-corrected chi connectivity index (χ4v) is 4.36. The molecule has 1 fully saturated rings. The molecule has 1 aliphatic heterocycles. The first-order valence-electron chi connectivity index (χ1n) is 8.14. The molecule has 1 N–H and O–H groups in total. The maximum atomic E-state index is 13.8. The number of nitrogens with zero attached hydrogens (tertiary/aromatic N) is 2. The van der Waals surface area contributed by atoms with E-state index in [0.717, 1.165) is 25.0 Å². The summed E-state index contributed by atoms with van der Waals surface area (Å²) in [6.07, 6.45) is 1.84. The smallest absolute Gasteiger partial charge is 0.270 e. The summed E-state index contributed by atoms with van der Waals surface area (Å²) in [5, 5.41) is 0. The Morgan fingerprint density at radius 2 is 1.81 bits per heavy atom. The Hall–Kier alpha value is -2.42. The van der Waals surface area contributed by atoms with Crippen LogP contribution in [0.15, 0.2) is 29.2 Å². The average molecular weight is 383 g/mol. The van der Waals surface area contributed by atoms with Crippen molar-refractivity contribution in [1.29, 1.82) is 0 Å². The number of sulfonamides is 1. The molecule has 3 rings (SSSR count). The van der Waals surface area contributed by atoms with Crippen LogP contribution >= 0.6 is 0 Å². The van der Waals surface area contributed by atoms with Gasteiger partial charge in [0.2, 0.25) is 0 Å². The summed E-state index contributed by atoms with van der Waals surface area (Å²) < 4.78 is 55.7. The predicted molar refractivity (Wildman–Crippen MR) is 92.5 cm³/mol. The Bertz CT molecular complexity index is 964. The highest BCUT2D eigenvalue weighted by molar-refractivity contribution is 7.92. The zero-order chi connectivity index (χ0) is 19.1. The molecule has 2 aromatic rings. The number of hydrogen-bond donors (Lipinski definition) is 1. The quantitative estimate of drug-likeness (QED) is 0.882. The van der Waals surface area contributed by atoms with Crippen LogP contribution in [-0.4, -0.2) is 36.9 Å². The summed E-state index contributed by atoms with van der Waals surface area (Å²) in [6.45, 7) is 2.85. The van der Waals surface area contributed by atoms with Gasteiger partial charge in [-0.05, 0) is 38.0 Å². The fraction of sp³-hybridized carbons (Fsp3) is 0.353. The van der Waals surface area contributed by atoms with Crippen molar-refractivity contribution < 1.29 is 22.0 Å². The topological polar surface area (TPSA) is 71.4 Å². The molecule has 9 heteroatoms. The monoisotopic (exact) mass is 383 g/mol. The molecule has 0 saturated carbocycles. The standard InChI is InChI=1S/C17H19F2N3O3S/c1-11-16(10-15(21(11)2)17(23)22-7-3-4-8-22)26(24,25)20-14-6-5-12(18)9-13(14)19/h5-6,9-10,20H,3-4,7-8H2,1-2H3. The van der Waals surface area contributed by atoms with Crippen LogP contribution in [0.3, 0.4) is 0 Å². The molecule has 2 heterocycles. The normalized spacial score (nSPS) is 14.7. The Kier molecular flexibility index (Phi) is 4.74. The van der Waals surface area contributed by atoms with Gasteiger partial charge in [-0.1, -0.05) is 0 Å². The zero-order valence-electron chi connectivity index (χ0n) is 14.4. The van der Waals surface area contributed by atoms with Crippen LogP contribution in [0.4, 0.5) is 14.5 Å². The Morgan fingerprint density at radius 1 is 1.15 bits per heavy atom. The SMILES string of the molecule is Cc1c(S(=O)(=O)Nc2ccc(F)cc2F)cc(C(=O)N2CCCC2)n1C. The molecule has 0 radical (unpaired) electrons. The van der Waals surface area contributed by atoms with Crippen molar-refractivity contribution in [1.82, 2.24) is 9.47 Å². The van der Waals surface area contributed by atoms with Gasteiger partial charge in [-0.15, -0.1) is 0 Å². The van der Waals surface area contributed by atoms with Crippen LogP contribution in [0.5, 0.6) is 0 Å². The van der Waals surface area contributed by atoms with Crippen LogP contribution in [0.1, 0.15) is 29.0 Å². The van der Waals surface area contributed by atoms with E-state index in [4.69, 9.17) is 0 Å². The van der Waals surface area contributed by atoms with E-state index in [1.165, 1.54) is 10.6 Å². The fourth-order valence-electron chi connectivity index (χ4n) is 3.00. The maximum absolute atomic E-state index is 13.8. The van der Waals surface area contributed by atoms with Gasteiger partial charge in [0.05, 0.1) is 5.69 Å². The van der Waals surface area contributed by atoms with Gasteiger partial charge in [0.15, 0.2) is 0 Å². The third-order valence-electron chi connectivity index (χ3n) is 4.57. The molecule has 0 unspecified atom stereocenters. The summed E-state index contributed by atoms with van der Waals surface area (Å²) in [5.74, 6) is -2.06. The van der Waals surface area contributed by atoms with E-state index in [1.54, 1.807) is 18.9 Å². The summed E-state index contributed by atoms with van der Waals surface area (Å²) in [5.41, 5.74) is 0.244. The van der Waals surface area contributed by atoms with E-state index in [0.29, 0.717) is 24.8 Å². The number of halogens is 2. The number of anilines is 1. The first kappa shape index (κ1) is 18.4. The summed E-state index contributed by atoms with van der Waals surface area (Å²) in [7, 11) is -2.53. The molecule has 6 nitrogen and oxygen atoms in total. The van der Waals surface area contributed by atoms with Crippen molar-refractivity contribution in [3.63, 3.8) is 0 Å². The van der Waals surface area contributed by atoms with Crippen molar-refractivity contribution in [2.24, 2.45) is 7.05 Å². The molecule has 1 saturated heterocycles. The molecule has 0 bridgehead atoms. The summed E-state index contributed by atoms with van der Waals surface area (Å²) in [4.78, 5) is 14.2. The van der Waals surface area contributed by atoms with Crippen LogP contribution in [0.2, 0.25) is 0 Å². The largest absolute Gasteiger partial charge is 0.343 e. The molecule has 1 aromatic heterocycles. The highest BCUT2D eigenvalue weighted by Gasteiger charge is 2.28. The number of aromatic nitrogens is 1. The van der Waals surface area contributed by atoms with E-state index in [2.05, 4.69) is 4.72 Å². The Labute approximate surface area is 150 Å². The highest BCUT2D eigenvalue weighted by Crippen LogP contribution is 2.25. The van der Waals surface area contributed by atoms with Crippen molar-refractivity contribution in [3.8, 4) is 0 Å². The lowest BCUT2D eigenvalue weighted by atomic mass is 10.3. The summed E-state index contributed by atoms with van der Waals surface area (Å²) in [6, 6.07) is 3.86.